The number of nitrogens with one attached hydrogen (secondary N) is 2. The van der Waals surface area contributed by atoms with Crippen LogP contribution in [-0.4, -0.2) is 21.7 Å². The summed E-state index contributed by atoms with van der Waals surface area (Å²) < 4.78 is 0. The molecule has 0 fully saturated rings. The minimum atomic E-state index is -1.02. The van der Waals surface area contributed by atoms with Gasteiger partial charge in [0.2, 0.25) is 0 Å². The normalized spacial score (nSPS) is 9.86. The van der Waals surface area contributed by atoms with Crippen LogP contribution in [0.15, 0.2) is 42.5 Å². The second-order valence-corrected chi connectivity index (χ2v) is 4.35. The first-order valence-electron chi connectivity index (χ1n) is 6.27. The van der Waals surface area contributed by atoms with Crippen molar-refractivity contribution >= 4 is 29.0 Å². The van der Waals surface area contributed by atoms with E-state index in [0.29, 0.717) is 5.69 Å². The number of pyridine rings is 1. The summed E-state index contributed by atoms with van der Waals surface area (Å²) in [4.78, 5) is 37.8. The highest BCUT2D eigenvalue weighted by Crippen LogP contribution is 2.22. The van der Waals surface area contributed by atoms with E-state index < -0.39 is 16.7 Å². The molecular weight excluding hydrogens is 288 g/mol. The number of anilines is 2. The van der Waals surface area contributed by atoms with E-state index in [4.69, 9.17) is 0 Å². The Hall–Kier alpha value is -3.29. The molecule has 2 N–H and O–H groups in total. The van der Waals surface area contributed by atoms with Gasteiger partial charge in [-0.2, -0.15) is 0 Å². The molecule has 22 heavy (non-hydrogen) atoms. The van der Waals surface area contributed by atoms with E-state index in [2.05, 4.69) is 15.6 Å². The van der Waals surface area contributed by atoms with Crippen molar-refractivity contribution in [2.45, 2.75) is 6.92 Å². The van der Waals surface area contributed by atoms with Gasteiger partial charge in [0.05, 0.1) is 4.92 Å². The summed E-state index contributed by atoms with van der Waals surface area (Å²) in [5.74, 6) is -1.75. The van der Waals surface area contributed by atoms with Gasteiger partial charge >= 0.3 is 11.8 Å². The predicted octanol–water partition coefficient (Wildman–Crippen LogP) is 1.88. The summed E-state index contributed by atoms with van der Waals surface area (Å²) in [5.41, 5.74) is 0.332. The van der Waals surface area contributed by atoms with Crippen LogP contribution in [0, 0.1) is 17.0 Å². The molecule has 0 aliphatic carbocycles. The molecule has 0 unspecified atom stereocenters. The van der Waals surface area contributed by atoms with Crippen LogP contribution >= 0.6 is 0 Å². The lowest BCUT2D eigenvalue weighted by Crippen LogP contribution is -2.29. The van der Waals surface area contributed by atoms with E-state index >= 15 is 0 Å². The summed E-state index contributed by atoms with van der Waals surface area (Å²) in [6, 6.07) is 10.5. The lowest BCUT2D eigenvalue weighted by atomic mass is 10.2. The maximum Gasteiger partial charge on any atom is 0.315 e. The molecule has 1 aromatic carbocycles. The van der Waals surface area contributed by atoms with Gasteiger partial charge in [0.15, 0.2) is 0 Å². The minimum absolute atomic E-state index is 0.0511. The Kier molecular flexibility index (Phi) is 4.42. The van der Waals surface area contributed by atoms with Crippen LogP contribution in [-0.2, 0) is 9.59 Å². The number of aryl methyl sites for hydroxylation is 1. The number of amides is 2. The van der Waals surface area contributed by atoms with Crippen molar-refractivity contribution in [3.8, 4) is 0 Å². The van der Waals surface area contributed by atoms with Crippen LogP contribution in [0.3, 0.4) is 0 Å². The fourth-order valence-corrected chi connectivity index (χ4v) is 1.70. The standard InChI is InChI=1S/C14H12N4O4/c1-9-5-4-8-12(15-9)17-14(20)13(19)16-10-6-2-3-7-11(10)18(21)22/h2-8H,1H3,(H,16,19)(H,15,17,20). The Morgan fingerprint density at radius 1 is 1.05 bits per heavy atom. The molecule has 8 heteroatoms. The number of benzene rings is 1. The summed E-state index contributed by atoms with van der Waals surface area (Å²) in [6.07, 6.45) is 0. The van der Waals surface area contributed by atoms with Crippen molar-refractivity contribution in [3.05, 3.63) is 58.3 Å². The highest BCUT2D eigenvalue weighted by Gasteiger charge is 2.19. The van der Waals surface area contributed by atoms with E-state index in [-0.39, 0.29) is 17.2 Å². The van der Waals surface area contributed by atoms with E-state index in [1.807, 2.05) is 0 Å². The highest BCUT2D eigenvalue weighted by molar-refractivity contribution is 6.43. The average Bonchev–Trinajstić information content (AvgIpc) is 2.47. The Bertz CT molecular complexity index is 745. The van der Waals surface area contributed by atoms with Crippen LogP contribution in [0.1, 0.15) is 5.69 Å². The van der Waals surface area contributed by atoms with Crippen LogP contribution in [0.5, 0.6) is 0 Å². The Morgan fingerprint density at radius 2 is 1.73 bits per heavy atom. The molecule has 112 valence electrons. The fourth-order valence-electron chi connectivity index (χ4n) is 1.70. The van der Waals surface area contributed by atoms with Crippen molar-refractivity contribution in [3.63, 3.8) is 0 Å². The Morgan fingerprint density at radius 3 is 2.41 bits per heavy atom. The number of nitro groups is 1. The molecule has 0 saturated carbocycles. The first-order valence-corrected chi connectivity index (χ1v) is 6.27. The first-order chi connectivity index (χ1) is 10.5. The van der Waals surface area contributed by atoms with E-state index in [9.17, 15) is 19.7 Å². The maximum absolute atomic E-state index is 11.8. The lowest BCUT2D eigenvalue weighted by molar-refractivity contribution is -0.383. The number of carbonyl (C=O) groups excluding carboxylic acids is 2. The van der Waals surface area contributed by atoms with Gasteiger partial charge in [0.1, 0.15) is 11.5 Å². The van der Waals surface area contributed by atoms with Crippen LogP contribution < -0.4 is 10.6 Å². The van der Waals surface area contributed by atoms with E-state index in [0.717, 1.165) is 0 Å². The second-order valence-electron chi connectivity index (χ2n) is 4.35. The van der Waals surface area contributed by atoms with Gasteiger partial charge < -0.3 is 10.6 Å². The van der Waals surface area contributed by atoms with Crippen LogP contribution in [0.4, 0.5) is 17.2 Å². The summed E-state index contributed by atoms with van der Waals surface area (Å²) in [7, 11) is 0. The minimum Gasteiger partial charge on any atom is -0.312 e. The molecule has 0 aliphatic heterocycles. The largest absolute Gasteiger partial charge is 0.315 e. The molecule has 2 aromatic rings. The molecule has 0 atom stereocenters. The van der Waals surface area contributed by atoms with Gasteiger partial charge in [-0.05, 0) is 25.1 Å². The van der Waals surface area contributed by atoms with Gasteiger partial charge in [-0.25, -0.2) is 4.98 Å². The molecule has 0 saturated heterocycles. The lowest BCUT2D eigenvalue weighted by Gasteiger charge is -2.06. The van der Waals surface area contributed by atoms with Crippen LogP contribution in [0.25, 0.3) is 0 Å². The number of rotatable bonds is 3. The zero-order chi connectivity index (χ0) is 16.1. The number of aromatic nitrogens is 1. The molecule has 1 aromatic heterocycles. The fraction of sp³-hybridized carbons (Fsp3) is 0.0714. The molecule has 1 heterocycles. The Labute approximate surface area is 125 Å². The van der Waals surface area contributed by atoms with Crippen LogP contribution in [0.2, 0.25) is 0 Å². The van der Waals surface area contributed by atoms with Crippen molar-refractivity contribution in [1.29, 1.82) is 0 Å². The van der Waals surface area contributed by atoms with Gasteiger partial charge in [-0.3, -0.25) is 19.7 Å². The summed E-state index contributed by atoms with van der Waals surface area (Å²) in [6.45, 7) is 1.74. The molecule has 2 amide bonds. The monoisotopic (exact) mass is 300 g/mol. The molecule has 0 spiro atoms. The topological polar surface area (TPSA) is 114 Å². The number of hydrogen-bond donors (Lipinski definition) is 2. The van der Waals surface area contributed by atoms with Crippen molar-refractivity contribution < 1.29 is 14.5 Å². The summed E-state index contributed by atoms with van der Waals surface area (Å²) in [5, 5.41) is 15.4. The quantitative estimate of drug-likeness (QED) is 0.510. The highest BCUT2D eigenvalue weighted by atomic mass is 16.6. The number of hydrogen-bond acceptors (Lipinski definition) is 5. The third-order valence-electron chi connectivity index (χ3n) is 2.69. The van der Waals surface area contributed by atoms with Crippen molar-refractivity contribution in [2.75, 3.05) is 10.6 Å². The van der Waals surface area contributed by atoms with Gasteiger partial charge in [0.25, 0.3) is 5.69 Å². The summed E-state index contributed by atoms with van der Waals surface area (Å²) >= 11 is 0. The van der Waals surface area contributed by atoms with E-state index in [1.165, 1.54) is 30.3 Å². The smallest absolute Gasteiger partial charge is 0.312 e. The van der Waals surface area contributed by atoms with Gasteiger partial charge in [0, 0.05) is 11.8 Å². The second kappa shape index (κ2) is 6.44. The molecule has 0 aliphatic rings. The predicted molar refractivity (Wildman–Crippen MR) is 79.3 cm³/mol. The zero-order valence-corrected chi connectivity index (χ0v) is 11.6. The van der Waals surface area contributed by atoms with E-state index in [1.54, 1.807) is 19.1 Å². The van der Waals surface area contributed by atoms with Crippen molar-refractivity contribution in [1.82, 2.24) is 4.98 Å². The number of para-hydroxylation sites is 2. The molecule has 0 radical (unpaired) electrons. The van der Waals surface area contributed by atoms with Crippen molar-refractivity contribution in [2.24, 2.45) is 0 Å². The number of nitro benzene ring substituents is 1. The van der Waals surface area contributed by atoms with Gasteiger partial charge in [-0.1, -0.05) is 18.2 Å². The third kappa shape index (κ3) is 3.63. The number of carbonyl (C=O) groups is 2. The molecular formula is C14H12N4O4. The SMILES string of the molecule is Cc1cccc(NC(=O)C(=O)Nc2ccccc2[N+](=O)[O-])n1. The number of nitrogens with zero attached hydrogens (tertiary/aromatic N) is 2. The molecule has 0 bridgehead atoms. The Balaban J connectivity index is 2.09. The first kappa shape index (κ1) is 15.1. The third-order valence-corrected chi connectivity index (χ3v) is 2.69. The zero-order valence-electron chi connectivity index (χ0n) is 11.6. The average molecular weight is 300 g/mol. The van der Waals surface area contributed by atoms with Gasteiger partial charge in [-0.15, -0.1) is 0 Å². The molecule has 8 nitrogen and oxygen atoms in total. The molecule has 2 rings (SSSR count). The maximum atomic E-state index is 11.8.